The minimum Gasteiger partial charge on any atom is -0.0906 e. The molecule has 2 rings (SSSR count). The van der Waals surface area contributed by atoms with Gasteiger partial charge in [0.25, 0.3) is 0 Å². The van der Waals surface area contributed by atoms with Crippen LogP contribution in [0.3, 0.4) is 0 Å². The lowest BCUT2D eigenvalue weighted by Gasteiger charge is -2.06. The predicted molar refractivity (Wildman–Crippen MR) is 66.4 cm³/mol. The van der Waals surface area contributed by atoms with Crippen LogP contribution in [-0.4, -0.2) is 10.2 Å². The van der Waals surface area contributed by atoms with Crippen molar-refractivity contribution in [3.05, 3.63) is 72.3 Å². The summed E-state index contributed by atoms with van der Waals surface area (Å²) in [7, 11) is 3.51. The predicted octanol–water partition coefficient (Wildman–Crippen LogP) is 2.54. The molecule has 2 aromatic carbocycles. The van der Waals surface area contributed by atoms with Crippen molar-refractivity contribution < 1.29 is 0 Å². The summed E-state index contributed by atoms with van der Waals surface area (Å²) in [5.41, 5.74) is 3.36. The Labute approximate surface area is 93.7 Å². The van der Waals surface area contributed by atoms with Crippen LogP contribution in [-0.2, 0) is 0 Å². The van der Waals surface area contributed by atoms with Gasteiger partial charge in [-0.2, -0.15) is 0 Å². The van der Waals surface area contributed by atoms with Crippen molar-refractivity contribution in [3.8, 4) is 0 Å². The van der Waals surface area contributed by atoms with Crippen LogP contribution in [0.2, 0.25) is 0 Å². The van der Waals surface area contributed by atoms with Crippen LogP contribution in [0.5, 0.6) is 0 Å². The molecule has 1 heteroatoms. The largest absolute Gasteiger partial charge is 0.0906 e. The van der Waals surface area contributed by atoms with Gasteiger partial charge in [-0.25, -0.2) is 0 Å². The first-order valence-electron chi connectivity index (χ1n) is 4.84. The van der Waals surface area contributed by atoms with Crippen LogP contribution >= 0.6 is 0 Å². The van der Waals surface area contributed by atoms with E-state index in [0.29, 0.717) is 0 Å². The average Bonchev–Trinajstić information content (AvgIpc) is 2.29. The molecule has 0 aliphatic heterocycles. The molecule has 2 aromatic rings. The smallest absolute Gasteiger partial charge is 0.0712 e. The zero-order valence-electron chi connectivity index (χ0n) is 8.40. The Morgan fingerprint density at radius 1 is 0.867 bits per heavy atom. The van der Waals surface area contributed by atoms with Crippen LogP contribution in [0.25, 0.3) is 5.57 Å². The van der Waals surface area contributed by atoms with Gasteiger partial charge in [0.1, 0.15) is 0 Å². The maximum absolute atomic E-state index is 4.11. The van der Waals surface area contributed by atoms with Crippen molar-refractivity contribution in [1.29, 1.82) is 0 Å². The van der Waals surface area contributed by atoms with E-state index in [4.69, 9.17) is 0 Å². The van der Waals surface area contributed by atoms with Gasteiger partial charge in [0.15, 0.2) is 0 Å². The second kappa shape index (κ2) is 4.28. The van der Waals surface area contributed by atoms with Crippen molar-refractivity contribution >= 4 is 21.0 Å². The molecule has 0 saturated heterocycles. The van der Waals surface area contributed by atoms with Gasteiger partial charge in [-0.3, -0.25) is 0 Å². The van der Waals surface area contributed by atoms with E-state index in [2.05, 4.69) is 41.1 Å². The van der Waals surface area contributed by atoms with E-state index in [1.165, 1.54) is 0 Å². The van der Waals surface area contributed by atoms with Gasteiger partial charge < -0.3 is 0 Å². The van der Waals surface area contributed by atoms with Crippen LogP contribution in [0.1, 0.15) is 11.1 Å². The third-order valence-corrected chi connectivity index (χ3v) is 2.64. The summed E-state index contributed by atoms with van der Waals surface area (Å²) in [6, 6.07) is 18.4. The highest BCUT2D eigenvalue weighted by atomic mass is 28.1. The fourth-order valence-electron chi connectivity index (χ4n) is 1.51. The Hall–Kier alpha value is -1.60. The molecule has 0 aromatic heterocycles. The van der Waals surface area contributed by atoms with Crippen molar-refractivity contribution in [2.24, 2.45) is 0 Å². The zero-order chi connectivity index (χ0) is 10.7. The van der Waals surface area contributed by atoms with Crippen molar-refractivity contribution in [2.75, 3.05) is 0 Å². The van der Waals surface area contributed by atoms with Crippen molar-refractivity contribution in [2.45, 2.75) is 0 Å². The maximum Gasteiger partial charge on any atom is 0.0712 e. The Bertz CT molecular complexity index is 472. The highest BCUT2D eigenvalue weighted by molar-refractivity contribution is 6.32. The standard InChI is InChI=1S/C14H11Si/c1-11(12-6-3-2-4-7-12)13-8-5-9-14(15)10-13/h2-10H,1H2. The SMILES string of the molecule is C=C(c1ccccc1)c1cccc([Si])c1. The van der Waals surface area contributed by atoms with E-state index in [-0.39, 0.29) is 0 Å². The minimum atomic E-state index is 1.05. The van der Waals surface area contributed by atoms with E-state index < -0.39 is 0 Å². The molecule has 3 radical (unpaired) electrons. The first-order valence-corrected chi connectivity index (χ1v) is 5.34. The Kier molecular flexibility index (Phi) is 2.83. The maximum atomic E-state index is 4.11. The molecular formula is C14H11Si. The average molecular weight is 207 g/mol. The van der Waals surface area contributed by atoms with E-state index >= 15 is 0 Å². The molecular weight excluding hydrogens is 196 g/mol. The second-order valence-electron chi connectivity index (χ2n) is 3.43. The molecule has 0 atom stereocenters. The van der Waals surface area contributed by atoms with E-state index in [1.54, 1.807) is 0 Å². The monoisotopic (exact) mass is 207 g/mol. The first kappa shape index (κ1) is 9.93. The molecule has 0 fully saturated rings. The van der Waals surface area contributed by atoms with E-state index in [9.17, 15) is 0 Å². The van der Waals surface area contributed by atoms with Gasteiger partial charge in [-0.1, -0.05) is 66.4 Å². The lowest BCUT2D eigenvalue weighted by molar-refractivity contribution is 1.57. The van der Waals surface area contributed by atoms with E-state index in [0.717, 1.165) is 21.9 Å². The Morgan fingerprint density at radius 2 is 1.53 bits per heavy atom. The minimum absolute atomic E-state index is 1.05. The van der Waals surface area contributed by atoms with Gasteiger partial charge in [0.2, 0.25) is 0 Å². The number of hydrogen-bond acceptors (Lipinski definition) is 0. The van der Waals surface area contributed by atoms with Crippen molar-refractivity contribution in [3.63, 3.8) is 0 Å². The normalized spacial score (nSPS) is 9.93. The summed E-state index contributed by atoms with van der Waals surface area (Å²) in [5.74, 6) is 0. The Balaban J connectivity index is 2.37. The third kappa shape index (κ3) is 2.25. The van der Waals surface area contributed by atoms with Crippen LogP contribution < -0.4 is 5.19 Å². The van der Waals surface area contributed by atoms with Gasteiger partial charge in [0.05, 0.1) is 10.2 Å². The second-order valence-corrected chi connectivity index (χ2v) is 4.00. The highest BCUT2D eigenvalue weighted by Gasteiger charge is 2.00. The molecule has 0 unspecified atom stereocenters. The molecule has 0 amide bonds. The van der Waals surface area contributed by atoms with E-state index in [1.807, 2.05) is 30.3 Å². The number of hydrogen-bond donors (Lipinski definition) is 0. The number of rotatable bonds is 2. The summed E-state index contributed by atoms with van der Waals surface area (Å²) < 4.78 is 0. The first-order chi connectivity index (χ1) is 7.27. The quantitative estimate of drug-likeness (QED) is 0.664. The van der Waals surface area contributed by atoms with Crippen LogP contribution in [0.4, 0.5) is 0 Å². The van der Waals surface area contributed by atoms with Gasteiger partial charge in [-0.05, 0) is 16.7 Å². The molecule has 0 N–H and O–H groups in total. The summed E-state index contributed by atoms with van der Waals surface area (Å²) in [4.78, 5) is 0. The zero-order valence-corrected chi connectivity index (χ0v) is 9.40. The summed E-state index contributed by atoms with van der Waals surface area (Å²) in [6.07, 6.45) is 0. The topological polar surface area (TPSA) is 0 Å². The molecule has 0 spiro atoms. The molecule has 0 heterocycles. The molecule has 0 aliphatic carbocycles. The highest BCUT2D eigenvalue weighted by Crippen LogP contribution is 2.19. The summed E-state index contributed by atoms with van der Waals surface area (Å²) in [5, 5.41) is 1.07. The Morgan fingerprint density at radius 3 is 2.20 bits per heavy atom. The summed E-state index contributed by atoms with van der Waals surface area (Å²) in [6.45, 7) is 4.11. The van der Waals surface area contributed by atoms with Crippen LogP contribution in [0.15, 0.2) is 61.2 Å². The fourth-order valence-corrected chi connectivity index (χ4v) is 1.76. The van der Waals surface area contributed by atoms with Crippen LogP contribution in [0, 0.1) is 0 Å². The molecule has 71 valence electrons. The van der Waals surface area contributed by atoms with Gasteiger partial charge in [0, 0.05) is 0 Å². The lowest BCUT2D eigenvalue weighted by atomic mass is 10.00. The molecule has 15 heavy (non-hydrogen) atoms. The molecule has 0 nitrogen and oxygen atoms in total. The molecule has 0 bridgehead atoms. The molecule has 0 saturated carbocycles. The molecule has 0 aliphatic rings. The fraction of sp³-hybridized carbons (Fsp3) is 0. The van der Waals surface area contributed by atoms with Gasteiger partial charge >= 0.3 is 0 Å². The summed E-state index contributed by atoms with van der Waals surface area (Å²) >= 11 is 0. The lowest BCUT2D eigenvalue weighted by Crippen LogP contribution is -2.01. The van der Waals surface area contributed by atoms with Crippen molar-refractivity contribution in [1.82, 2.24) is 0 Å². The number of benzene rings is 2. The van der Waals surface area contributed by atoms with Gasteiger partial charge in [-0.15, -0.1) is 0 Å². The third-order valence-electron chi connectivity index (χ3n) is 2.33.